The van der Waals surface area contributed by atoms with Gasteiger partial charge in [0.05, 0.1) is 22.2 Å². The smallest absolute Gasteiger partial charge is 0.319 e. The molecule has 0 radical (unpaired) electrons. The van der Waals surface area contributed by atoms with E-state index in [0.717, 1.165) is 6.08 Å². The maximum Gasteiger partial charge on any atom is 0.319 e. The summed E-state index contributed by atoms with van der Waals surface area (Å²) in [6.45, 7) is 11.2. The lowest BCUT2D eigenvalue weighted by molar-refractivity contribution is -0.168. The number of ketones is 2. The zero-order valence-corrected chi connectivity index (χ0v) is 22.1. The Morgan fingerprint density at radius 1 is 1.14 bits per heavy atom. The average Bonchev–Trinajstić information content (AvgIpc) is 3.22. The summed E-state index contributed by atoms with van der Waals surface area (Å²) in [4.78, 5) is 40.2. The molecule has 8 heteroatoms. The van der Waals surface area contributed by atoms with Crippen molar-refractivity contribution in [2.45, 2.75) is 110 Å². The van der Waals surface area contributed by atoms with Crippen molar-refractivity contribution in [2.75, 3.05) is 0 Å². The highest BCUT2D eigenvalue weighted by atomic mass is 16.6. The van der Waals surface area contributed by atoms with Crippen LogP contribution in [-0.4, -0.2) is 60.9 Å². The number of hydrogen-bond donors (Lipinski definition) is 4. The molecule has 8 nitrogen and oxygen atoms in total. The van der Waals surface area contributed by atoms with Crippen molar-refractivity contribution >= 4 is 17.5 Å². The lowest BCUT2D eigenvalue weighted by Gasteiger charge is -2.52. The van der Waals surface area contributed by atoms with Crippen LogP contribution in [0.3, 0.4) is 0 Å². The number of esters is 1. The van der Waals surface area contributed by atoms with Crippen LogP contribution in [0.2, 0.25) is 0 Å². The van der Waals surface area contributed by atoms with E-state index in [2.05, 4.69) is 0 Å². The number of carbonyl (C=O) groups is 3. The Kier molecular flexibility index (Phi) is 6.89. The molecule has 3 aliphatic rings. The van der Waals surface area contributed by atoms with E-state index in [0.29, 0.717) is 19.3 Å². The van der Waals surface area contributed by atoms with Crippen LogP contribution >= 0.6 is 0 Å². The maximum absolute atomic E-state index is 14.4. The predicted octanol–water partition coefficient (Wildman–Crippen LogP) is 3.01. The molecule has 0 aromatic rings. The Morgan fingerprint density at radius 3 is 2.26 bits per heavy atom. The molecule has 8 unspecified atom stereocenters. The van der Waals surface area contributed by atoms with Crippen LogP contribution in [0.5, 0.6) is 0 Å². The zero-order valence-electron chi connectivity index (χ0n) is 22.1. The number of aliphatic hydroxyl groups is 4. The van der Waals surface area contributed by atoms with Crippen molar-refractivity contribution < 1.29 is 39.5 Å². The third-order valence-electron chi connectivity index (χ3n) is 9.16. The summed E-state index contributed by atoms with van der Waals surface area (Å²) >= 11 is 0. The summed E-state index contributed by atoms with van der Waals surface area (Å²) in [7, 11) is 0. The Labute approximate surface area is 207 Å². The molecule has 8 atom stereocenters. The van der Waals surface area contributed by atoms with E-state index in [4.69, 9.17) is 4.74 Å². The van der Waals surface area contributed by atoms with E-state index in [1.807, 2.05) is 6.92 Å². The molecule has 2 aliphatic carbocycles. The number of allylic oxidation sites excluding steroid dienone is 2. The second kappa shape index (κ2) is 8.67. The third kappa shape index (κ3) is 4.58. The number of carbonyl (C=O) groups excluding carboxylic acids is 3. The lowest BCUT2D eigenvalue weighted by Crippen LogP contribution is -2.58. The van der Waals surface area contributed by atoms with Gasteiger partial charge in [-0.15, -0.1) is 0 Å². The molecule has 2 saturated carbocycles. The summed E-state index contributed by atoms with van der Waals surface area (Å²) in [5.74, 6) is -3.54. The van der Waals surface area contributed by atoms with Crippen LogP contribution in [0.25, 0.3) is 0 Å². The average molecular weight is 495 g/mol. The number of rotatable bonds is 7. The number of Topliss-reactive ketones (excluding diaryl/α,β-unsaturated/α-hetero) is 1. The van der Waals surface area contributed by atoms with E-state index in [1.165, 1.54) is 20.8 Å². The van der Waals surface area contributed by atoms with Crippen LogP contribution in [0, 0.1) is 28.6 Å². The van der Waals surface area contributed by atoms with Gasteiger partial charge in [0.1, 0.15) is 17.3 Å². The van der Waals surface area contributed by atoms with Crippen molar-refractivity contribution in [1.82, 2.24) is 0 Å². The summed E-state index contributed by atoms with van der Waals surface area (Å²) in [5, 5.41) is 44.6. The maximum atomic E-state index is 14.4. The molecule has 1 heterocycles. The minimum absolute atomic E-state index is 0.00811. The van der Waals surface area contributed by atoms with Crippen LogP contribution in [0.4, 0.5) is 0 Å². The molecular weight excluding hydrogens is 452 g/mol. The fraction of sp³-hybridized carbons (Fsp3) is 0.815. The third-order valence-corrected chi connectivity index (χ3v) is 9.16. The van der Waals surface area contributed by atoms with Gasteiger partial charge in [-0.1, -0.05) is 13.8 Å². The molecule has 3 rings (SSSR count). The first-order chi connectivity index (χ1) is 15.8. The highest BCUT2D eigenvalue weighted by molar-refractivity contribution is 6.09. The van der Waals surface area contributed by atoms with Gasteiger partial charge in [0, 0.05) is 18.4 Å². The highest BCUT2D eigenvalue weighted by Gasteiger charge is 2.67. The molecule has 0 aromatic carbocycles. The molecule has 3 fully saturated rings. The van der Waals surface area contributed by atoms with E-state index < -0.39 is 57.2 Å². The van der Waals surface area contributed by atoms with Gasteiger partial charge in [0.25, 0.3) is 0 Å². The van der Waals surface area contributed by atoms with E-state index in [1.54, 1.807) is 20.8 Å². The number of ether oxygens (including phenoxy) is 1. The second-order valence-electron chi connectivity index (χ2n) is 12.6. The molecule has 198 valence electrons. The first kappa shape index (κ1) is 27.8. The quantitative estimate of drug-likeness (QED) is 0.183. The first-order valence-corrected chi connectivity index (χ1v) is 12.7. The Bertz CT molecular complexity index is 926. The standard InChI is InChI=1S/C27H42O8/c1-8-15(2)18(28)11-19(29)27(12-17-16(26(7,34)14-27)9-10-25(17,6)33)21(30)24(5)13-20(23(3,4)32)35-22(24)31/h11,15-17,20,29,32-34H,8-10,12-14H2,1-7H3. The van der Waals surface area contributed by atoms with Crippen LogP contribution in [0.15, 0.2) is 11.8 Å². The van der Waals surface area contributed by atoms with Crippen LogP contribution in [-0.2, 0) is 19.1 Å². The van der Waals surface area contributed by atoms with Gasteiger partial charge in [-0.3, -0.25) is 14.4 Å². The van der Waals surface area contributed by atoms with Crippen molar-refractivity contribution in [3.05, 3.63) is 11.8 Å². The molecule has 1 aliphatic heterocycles. The zero-order chi connectivity index (χ0) is 26.8. The number of cyclic esters (lactones) is 1. The van der Waals surface area contributed by atoms with Gasteiger partial charge < -0.3 is 25.2 Å². The van der Waals surface area contributed by atoms with Crippen LogP contribution < -0.4 is 0 Å². The molecule has 35 heavy (non-hydrogen) atoms. The lowest BCUT2D eigenvalue weighted by atomic mass is 9.52. The highest BCUT2D eigenvalue weighted by Crippen LogP contribution is 2.61. The van der Waals surface area contributed by atoms with Crippen molar-refractivity contribution in [1.29, 1.82) is 0 Å². The van der Waals surface area contributed by atoms with Gasteiger partial charge in [0.2, 0.25) is 0 Å². The molecule has 0 aromatic heterocycles. The molecule has 4 N–H and O–H groups in total. The normalized spacial score (nSPS) is 43.0. The molecular formula is C27H42O8. The fourth-order valence-corrected chi connectivity index (χ4v) is 6.53. The molecule has 0 bridgehead atoms. The summed E-state index contributed by atoms with van der Waals surface area (Å²) < 4.78 is 5.40. The van der Waals surface area contributed by atoms with E-state index in [9.17, 15) is 34.8 Å². The largest absolute Gasteiger partial charge is 0.511 e. The predicted molar refractivity (Wildman–Crippen MR) is 128 cm³/mol. The summed E-state index contributed by atoms with van der Waals surface area (Å²) in [6, 6.07) is 0. The monoisotopic (exact) mass is 494 g/mol. The Balaban J connectivity index is 2.16. The van der Waals surface area contributed by atoms with Crippen molar-refractivity contribution in [2.24, 2.45) is 28.6 Å². The van der Waals surface area contributed by atoms with Gasteiger partial charge in [-0.25, -0.2) is 0 Å². The van der Waals surface area contributed by atoms with Gasteiger partial charge in [0.15, 0.2) is 11.6 Å². The number of hydrogen-bond acceptors (Lipinski definition) is 8. The van der Waals surface area contributed by atoms with Crippen molar-refractivity contribution in [3.8, 4) is 0 Å². The molecule has 1 saturated heterocycles. The minimum atomic E-state index is -1.77. The van der Waals surface area contributed by atoms with Gasteiger partial charge in [-0.05, 0) is 78.6 Å². The molecule has 0 amide bonds. The Morgan fingerprint density at radius 2 is 1.74 bits per heavy atom. The minimum Gasteiger partial charge on any atom is -0.511 e. The van der Waals surface area contributed by atoms with Crippen molar-refractivity contribution in [3.63, 3.8) is 0 Å². The van der Waals surface area contributed by atoms with Crippen LogP contribution in [0.1, 0.15) is 87.0 Å². The number of fused-ring (bicyclic) bond motifs is 1. The Hall–Kier alpha value is -1.77. The summed E-state index contributed by atoms with van der Waals surface area (Å²) in [5.41, 5.74) is -7.49. The topological polar surface area (TPSA) is 141 Å². The van der Waals surface area contributed by atoms with Gasteiger partial charge in [-0.2, -0.15) is 0 Å². The first-order valence-electron chi connectivity index (χ1n) is 12.7. The van der Waals surface area contributed by atoms with Gasteiger partial charge >= 0.3 is 5.97 Å². The fourth-order valence-electron chi connectivity index (χ4n) is 6.53. The summed E-state index contributed by atoms with van der Waals surface area (Å²) in [6.07, 6.45) is 1.36. The second-order valence-corrected chi connectivity index (χ2v) is 12.6. The van der Waals surface area contributed by atoms with E-state index >= 15 is 0 Å². The SMILES string of the molecule is CCC(C)C(=O)C=C(O)C1(C(=O)C2(C)CC(C(C)(C)O)OC2=O)CC2C(CCC2(C)O)C(C)(O)C1. The molecule has 0 spiro atoms. The van der Waals surface area contributed by atoms with E-state index in [-0.39, 0.29) is 36.9 Å². The number of aliphatic hydroxyl groups excluding tert-OH is 1.